The van der Waals surface area contributed by atoms with E-state index in [4.69, 9.17) is 0 Å². The van der Waals surface area contributed by atoms with Crippen LogP contribution < -0.4 is 0 Å². The van der Waals surface area contributed by atoms with Crippen molar-refractivity contribution < 1.29 is 13.6 Å². The zero-order valence-corrected chi connectivity index (χ0v) is 14.9. The van der Waals surface area contributed by atoms with Crippen molar-refractivity contribution in [3.05, 3.63) is 82.4 Å². The van der Waals surface area contributed by atoms with E-state index < -0.39 is 5.54 Å². The lowest BCUT2D eigenvalue weighted by Gasteiger charge is -2.34. The molecule has 0 bridgehead atoms. The van der Waals surface area contributed by atoms with Crippen molar-refractivity contribution in [1.82, 2.24) is 4.90 Å². The first-order chi connectivity index (χ1) is 12.5. The number of carbonyl (C=O) groups excluding carboxylic acids is 1. The first kappa shape index (κ1) is 17.0. The Kier molecular flexibility index (Phi) is 4.15. The van der Waals surface area contributed by atoms with Crippen LogP contribution in [0.4, 0.5) is 8.78 Å². The molecule has 0 saturated heterocycles. The highest BCUT2D eigenvalue weighted by Crippen LogP contribution is 2.42. The summed E-state index contributed by atoms with van der Waals surface area (Å²) in [6.45, 7) is 1.97. The third kappa shape index (κ3) is 2.94. The Bertz CT molecular complexity index is 872. The SMILES string of the molecule is CC1=CN2C(=NC(=O)C2(Cc2ccc(F)cc2)Cc2ccc(F)cc2)S1. The van der Waals surface area contributed by atoms with Gasteiger partial charge in [0.1, 0.15) is 17.2 Å². The van der Waals surface area contributed by atoms with Gasteiger partial charge in [-0.05, 0) is 42.3 Å². The van der Waals surface area contributed by atoms with Gasteiger partial charge in [-0.25, -0.2) is 8.78 Å². The summed E-state index contributed by atoms with van der Waals surface area (Å²) < 4.78 is 26.5. The summed E-state index contributed by atoms with van der Waals surface area (Å²) in [7, 11) is 0. The normalized spacial score (nSPS) is 18.0. The van der Waals surface area contributed by atoms with Gasteiger partial charge < -0.3 is 4.90 Å². The number of carbonyl (C=O) groups is 1. The third-order valence-corrected chi connectivity index (χ3v) is 5.54. The maximum Gasteiger partial charge on any atom is 0.275 e. The molecule has 132 valence electrons. The van der Waals surface area contributed by atoms with Crippen molar-refractivity contribution >= 4 is 22.8 Å². The van der Waals surface area contributed by atoms with Crippen molar-refractivity contribution in [2.24, 2.45) is 4.99 Å². The number of benzene rings is 2. The molecule has 2 aromatic carbocycles. The zero-order chi connectivity index (χ0) is 18.3. The fourth-order valence-electron chi connectivity index (χ4n) is 3.40. The van der Waals surface area contributed by atoms with Crippen LogP contribution >= 0.6 is 11.8 Å². The fraction of sp³-hybridized carbons (Fsp3) is 0.200. The van der Waals surface area contributed by atoms with Gasteiger partial charge in [-0.3, -0.25) is 4.79 Å². The second-order valence-corrected chi connectivity index (χ2v) is 7.76. The van der Waals surface area contributed by atoms with Crippen LogP contribution in [0.15, 0.2) is 64.6 Å². The highest BCUT2D eigenvalue weighted by molar-refractivity contribution is 8.17. The van der Waals surface area contributed by atoms with E-state index in [1.54, 1.807) is 24.3 Å². The summed E-state index contributed by atoms with van der Waals surface area (Å²) in [5.41, 5.74) is 0.776. The molecule has 4 rings (SSSR count). The van der Waals surface area contributed by atoms with Crippen LogP contribution in [0.3, 0.4) is 0 Å². The van der Waals surface area contributed by atoms with Gasteiger partial charge in [0.2, 0.25) is 0 Å². The van der Waals surface area contributed by atoms with E-state index in [1.807, 2.05) is 18.0 Å². The topological polar surface area (TPSA) is 32.7 Å². The Hall–Kier alpha value is -2.47. The number of allylic oxidation sites excluding steroid dienone is 1. The van der Waals surface area contributed by atoms with Crippen LogP contribution in [0.1, 0.15) is 18.1 Å². The Labute approximate surface area is 154 Å². The predicted molar refractivity (Wildman–Crippen MR) is 98.6 cm³/mol. The van der Waals surface area contributed by atoms with E-state index in [1.165, 1.54) is 36.0 Å². The maximum atomic E-state index is 13.3. The van der Waals surface area contributed by atoms with E-state index in [0.29, 0.717) is 18.0 Å². The summed E-state index contributed by atoms with van der Waals surface area (Å²) in [4.78, 5) is 20.2. The smallest absolute Gasteiger partial charge is 0.275 e. The largest absolute Gasteiger partial charge is 0.310 e. The van der Waals surface area contributed by atoms with Crippen molar-refractivity contribution in [2.75, 3.05) is 0 Å². The minimum Gasteiger partial charge on any atom is -0.310 e. The third-order valence-electron chi connectivity index (χ3n) is 4.65. The number of amides is 1. The minimum atomic E-state index is -0.921. The molecule has 0 atom stereocenters. The Balaban J connectivity index is 1.74. The van der Waals surface area contributed by atoms with E-state index in [9.17, 15) is 13.6 Å². The second kappa shape index (κ2) is 6.36. The number of fused-ring (bicyclic) bond motifs is 1. The molecule has 0 radical (unpaired) electrons. The van der Waals surface area contributed by atoms with E-state index >= 15 is 0 Å². The highest BCUT2D eigenvalue weighted by atomic mass is 32.2. The second-order valence-electron chi connectivity index (χ2n) is 6.55. The van der Waals surface area contributed by atoms with Crippen LogP contribution in [0.2, 0.25) is 0 Å². The van der Waals surface area contributed by atoms with Crippen LogP contribution in [0.25, 0.3) is 0 Å². The van der Waals surface area contributed by atoms with Crippen LogP contribution in [-0.4, -0.2) is 21.5 Å². The summed E-state index contributed by atoms with van der Waals surface area (Å²) in [6.07, 6.45) is 2.71. The van der Waals surface area contributed by atoms with E-state index in [0.717, 1.165) is 16.0 Å². The molecule has 0 aromatic heterocycles. The fourth-order valence-corrected chi connectivity index (χ4v) is 4.30. The van der Waals surface area contributed by atoms with Crippen molar-refractivity contribution in [1.29, 1.82) is 0 Å². The molecular weight excluding hydrogens is 354 g/mol. The van der Waals surface area contributed by atoms with E-state index in [2.05, 4.69) is 4.99 Å². The molecule has 0 unspecified atom stereocenters. The molecule has 6 heteroatoms. The molecule has 2 aromatic rings. The lowest BCUT2D eigenvalue weighted by molar-refractivity contribution is -0.124. The molecule has 0 spiro atoms. The predicted octanol–water partition coefficient (Wildman–Crippen LogP) is 4.30. The molecule has 26 heavy (non-hydrogen) atoms. The van der Waals surface area contributed by atoms with Gasteiger partial charge in [0.15, 0.2) is 5.17 Å². The van der Waals surface area contributed by atoms with Gasteiger partial charge in [0, 0.05) is 23.9 Å². The standard InChI is InChI=1S/C20H16F2N2OS/c1-13-12-24-19(26-13)23-18(25)20(24,10-14-2-6-16(21)7-3-14)11-15-4-8-17(22)9-5-15/h2-9,12H,10-11H2,1H3. The van der Waals surface area contributed by atoms with Gasteiger partial charge in [0.05, 0.1) is 0 Å². The minimum absolute atomic E-state index is 0.225. The van der Waals surface area contributed by atoms with Crippen molar-refractivity contribution in [3.8, 4) is 0 Å². The Morgan fingerprint density at radius 2 is 1.46 bits per heavy atom. The number of nitrogens with zero attached hydrogens (tertiary/aromatic N) is 2. The average molecular weight is 370 g/mol. The number of rotatable bonds is 4. The molecule has 0 aliphatic carbocycles. The van der Waals surface area contributed by atoms with Gasteiger partial charge in [0.25, 0.3) is 5.91 Å². The lowest BCUT2D eigenvalue weighted by atomic mass is 9.83. The molecule has 2 aliphatic rings. The molecule has 0 N–H and O–H groups in total. The maximum absolute atomic E-state index is 13.3. The van der Waals surface area contributed by atoms with Crippen molar-refractivity contribution in [2.45, 2.75) is 25.3 Å². The number of amidine groups is 1. The van der Waals surface area contributed by atoms with Gasteiger partial charge in [-0.1, -0.05) is 36.0 Å². The van der Waals surface area contributed by atoms with Gasteiger partial charge >= 0.3 is 0 Å². The molecular formula is C20H16F2N2OS. The van der Waals surface area contributed by atoms with Crippen LogP contribution in [0.5, 0.6) is 0 Å². The number of thioether (sulfide) groups is 1. The van der Waals surface area contributed by atoms with Crippen LogP contribution in [0, 0.1) is 11.6 Å². The number of hydrogen-bond donors (Lipinski definition) is 0. The van der Waals surface area contributed by atoms with E-state index in [-0.39, 0.29) is 17.5 Å². The molecule has 2 aliphatic heterocycles. The number of hydrogen-bond acceptors (Lipinski definition) is 3. The number of aliphatic imine (C=N–C) groups is 1. The first-order valence-corrected chi connectivity index (χ1v) is 9.06. The van der Waals surface area contributed by atoms with Gasteiger partial charge in [-0.15, -0.1) is 0 Å². The quantitative estimate of drug-likeness (QED) is 0.805. The van der Waals surface area contributed by atoms with Crippen molar-refractivity contribution in [3.63, 3.8) is 0 Å². The van der Waals surface area contributed by atoms with Gasteiger partial charge in [-0.2, -0.15) is 4.99 Å². The monoisotopic (exact) mass is 370 g/mol. The molecule has 0 saturated carbocycles. The highest BCUT2D eigenvalue weighted by Gasteiger charge is 2.51. The number of halogens is 2. The summed E-state index contributed by atoms with van der Waals surface area (Å²) in [5, 5.41) is 0.664. The molecule has 2 heterocycles. The zero-order valence-electron chi connectivity index (χ0n) is 14.1. The Morgan fingerprint density at radius 1 is 0.962 bits per heavy atom. The summed E-state index contributed by atoms with van der Waals surface area (Å²) in [6, 6.07) is 12.3. The lowest BCUT2D eigenvalue weighted by Crippen LogP contribution is -2.51. The van der Waals surface area contributed by atoms with Crippen LogP contribution in [-0.2, 0) is 17.6 Å². The molecule has 1 amide bonds. The summed E-state index contributed by atoms with van der Waals surface area (Å²) >= 11 is 1.46. The molecule has 3 nitrogen and oxygen atoms in total. The Morgan fingerprint density at radius 3 is 1.96 bits per heavy atom. The average Bonchev–Trinajstić information content (AvgIpc) is 3.08. The molecule has 0 fully saturated rings. The first-order valence-electron chi connectivity index (χ1n) is 8.24. The summed E-state index contributed by atoms with van der Waals surface area (Å²) in [5.74, 6) is -0.857.